The molecular weight excluding hydrogens is 440 g/mol. The second kappa shape index (κ2) is 11.5. The highest BCUT2D eigenvalue weighted by molar-refractivity contribution is 6.17. The van der Waals surface area contributed by atoms with Gasteiger partial charge in [-0.1, -0.05) is 36.4 Å². The fourth-order valence-corrected chi connectivity index (χ4v) is 3.88. The van der Waals surface area contributed by atoms with E-state index in [-0.39, 0.29) is 36.9 Å². The van der Waals surface area contributed by atoms with Crippen LogP contribution in [-0.4, -0.2) is 47.5 Å². The number of esters is 1. The molecule has 1 amide bonds. The van der Waals surface area contributed by atoms with Gasteiger partial charge in [-0.3, -0.25) is 14.5 Å². The second-order valence-corrected chi connectivity index (χ2v) is 9.64. The summed E-state index contributed by atoms with van der Waals surface area (Å²) in [5, 5.41) is 2.84. The molecule has 1 unspecified atom stereocenters. The monoisotopic (exact) mass is 472 g/mol. The lowest BCUT2D eigenvalue weighted by atomic mass is 10.0. The first-order valence-corrected chi connectivity index (χ1v) is 11.9. The number of carbonyl (C=O) groups is 2. The van der Waals surface area contributed by atoms with Crippen LogP contribution in [0.2, 0.25) is 0 Å². The van der Waals surface area contributed by atoms with E-state index in [4.69, 9.17) is 21.1 Å². The molecule has 1 aliphatic rings. The molecule has 178 valence electrons. The number of alkyl halides is 1. The third-order valence-corrected chi connectivity index (χ3v) is 5.84. The lowest BCUT2D eigenvalue weighted by Gasteiger charge is -2.38. The Morgan fingerprint density at radius 2 is 1.91 bits per heavy atom. The zero-order valence-electron chi connectivity index (χ0n) is 19.6. The highest BCUT2D eigenvalue weighted by atomic mass is 35.5. The van der Waals surface area contributed by atoms with Gasteiger partial charge in [0.1, 0.15) is 18.5 Å². The highest BCUT2D eigenvalue weighted by Gasteiger charge is 2.28. The van der Waals surface area contributed by atoms with Gasteiger partial charge in [0.2, 0.25) is 5.91 Å². The first-order chi connectivity index (χ1) is 15.8. The third-order valence-electron chi connectivity index (χ3n) is 5.57. The lowest BCUT2D eigenvalue weighted by Crippen LogP contribution is -2.47. The minimum Gasteiger partial charge on any atom is -0.489 e. The van der Waals surface area contributed by atoms with Crippen LogP contribution >= 0.6 is 11.6 Å². The van der Waals surface area contributed by atoms with Crippen LogP contribution in [0.3, 0.4) is 0 Å². The summed E-state index contributed by atoms with van der Waals surface area (Å²) in [7, 11) is 0. The molecule has 0 aliphatic carbocycles. The molecule has 1 N–H and O–H groups in total. The van der Waals surface area contributed by atoms with Crippen LogP contribution in [0.5, 0.6) is 5.75 Å². The van der Waals surface area contributed by atoms with Crippen molar-refractivity contribution >= 4 is 29.2 Å². The summed E-state index contributed by atoms with van der Waals surface area (Å²) in [4.78, 5) is 26.5. The van der Waals surface area contributed by atoms with Crippen LogP contribution in [0.25, 0.3) is 0 Å². The van der Waals surface area contributed by atoms with Crippen molar-refractivity contribution in [2.75, 3.05) is 24.3 Å². The fourth-order valence-electron chi connectivity index (χ4n) is 3.74. The van der Waals surface area contributed by atoms with E-state index in [0.29, 0.717) is 24.6 Å². The number of nitrogens with zero attached hydrogens (tertiary/aromatic N) is 1. The Morgan fingerprint density at radius 3 is 2.61 bits per heavy atom. The summed E-state index contributed by atoms with van der Waals surface area (Å²) in [5.41, 5.74) is 2.65. The fraction of sp³-hybridized carbons (Fsp3) is 0.462. The Bertz CT molecular complexity index is 943. The Morgan fingerprint density at radius 1 is 1.15 bits per heavy atom. The Labute approximate surface area is 201 Å². The topological polar surface area (TPSA) is 67.9 Å². The molecule has 0 bridgehead atoms. The Hall–Kier alpha value is -2.57. The van der Waals surface area contributed by atoms with Gasteiger partial charge in [-0.25, -0.2) is 0 Å². The SMILES string of the molecule is CC(C)(C)N(Cc1ccccc1)CC(COc1cccc2c1CC(=O)N2)OC(=O)CCCCl. The molecule has 33 heavy (non-hydrogen) atoms. The molecule has 1 aliphatic heterocycles. The van der Waals surface area contributed by atoms with Crippen LogP contribution < -0.4 is 10.1 Å². The summed E-state index contributed by atoms with van der Waals surface area (Å²) in [5.74, 6) is 0.716. The summed E-state index contributed by atoms with van der Waals surface area (Å²) >= 11 is 5.75. The summed E-state index contributed by atoms with van der Waals surface area (Å²) in [6.45, 7) is 7.86. The molecule has 0 radical (unpaired) electrons. The average molecular weight is 473 g/mol. The number of rotatable bonds is 11. The molecule has 0 saturated heterocycles. The van der Waals surface area contributed by atoms with Crippen LogP contribution in [-0.2, 0) is 27.3 Å². The summed E-state index contributed by atoms with van der Waals surface area (Å²) < 4.78 is 11.9. The Balaban J connectivity index is 1.74. The van der Waals surface area contributed by atoms with Crippen molar-refractivity contribution < 1.29 is 19.1 Å². The van der Waals surface area contributed by atoms with Crippen LogP contribution in [0, 0.1) is 0 Å². The lowest BCUT2D eigenvalue weighted by molar-refractivity contribution is -0.152. The van der Waals surface area contributed by atoms with E-state index in [2.05, 4.69) is 43.1 Å². The maximum absolute atomic E-state index is 12.4. The summed E-state index contributed by atoms with van der Waals surface area (Å²) in [6, 6.07) is 15.8. The third kappa shape index (κ3) is 7.47. The number of hydrogen-bond acceptors (Lipinski definition) is 5. The molecule has 0 aromatic heterocycles. The molecule has 2 aromatic carbocycles. The first-order valence-electron chi connectivity index (χ1n) is 11.3. The number of anilines is 1. The number of hydrogen-bond donors (Lipinski definition) is 1. The minimum atomic E-state index is -0.475. The first kappa shape index (κ1) is 25.1. The number of fused-ring (bicyclic) bond motifs is 1. The van der Waals surface area contributed by atoms with Gasteiger partial charge >= 0.3 is 5.97 Å². The molecule has 0 saturated carbocycles. The summed E-state index contributed by atoms with van der Waals surface area (Å²) in [6.07, 6.45) is 0.652. The Kier molecular flexibility index (Phi) is 8.75. The van der Waals surface area contributed by atoms with Gasteiger partial charge in [-0.05, 0) is 44.9 Å². The van der Waals surface area contributed by atoms with Crippen LogP contribution in [0.4, 0.5) is 5.69 Å². The number of ether oxygens (including phenoxy) is 2. The molecule has 1 atom stereocenters. The molecular formula is C26H33ClN2O4. The van der Waals surface area contributed by atoms with Gasteiger partial charge in [0.15, 0.2) is 0 Å². The number of nitrogens with one attached hydrogen (secondary N) is 1. The average Bonchev–Trinajstić information content (AvgIpc) is 3.16. The normalized spacial score (nSPS) is 14.0. The smallest absolute Gasteiger partial charge is 0.306 e. The zero-order valence-corrected chi connectivity index (χ0v) is 20.4. The van der Waals surface area contributed by atoms with E-state index >= 15 is 0 Å². The number of amides is 1. The second-order valence-electron chi connectivity index (χ2n) is 9.26. The van der Waals surface area contributed by atoms with Gasteiger partial charge in [0, 0.05) is 42.2 Å². The number of benzene rings is 2. The molecule has 3 rings (SSSR count). The van der Waals surface area contributed by atoms with Crippen molar-refractivity contribution in [3.8, 4) is 5.75 Å². The molecule has 6 nitrogen and oxygen atoms in total. The maximum Gasteiger partial charge on any atom is 0.306 e. The van der Waals surface area contributed by atoms with E-state index < -0.39 is 6.10 Å². The van der Waals surface area contributed by atoms with Gasteiger partial charge in [0.05, 0.1) is 6.42 Å². The molecule has 0 fully saturated rings. The van der Waals surface area contributed by atoms with Crippen LogP contribution in [0.1, 0.15) is 44.7 Å². The van der Waals surface area contributed by atoms with Crippen molar-refractivity contribution in [1.29, 1.82) is 0 Å². The van der Waals surface area contributed by atoms with Crippen molar-refractivity contribution in [2.45, 2.75) is 58.2 Å². The molecule has 7 heteroatoms. The van der Waals surface area contributed by atoms with Crippen molar-refractivity contribution in [2.24, 2.45) is 0 Å². The van der Waals surface area contributed by atoms with Crippen molar-refractivity contribution in [3.63, 3.8) is 0 Å². The minimum absolute atomic E-state index is 0.0492. The van der Waals surface area contributed by atoms with E-state index in [0.717, 1.165) is 17.8 Å². The van der Waals surface area contributed by atoms with Gasteiger partial charge in [0.25, 0.3) is 0 Å². The predicted octanol–water partition coefficient (Wildman–Crippen LogP) is 4.79. The molecule has 2 aromatic rings. The van der Waals surface area contributed by atoms with Crippen LogP contribution in [0.15, 0.2) is 48.5 Å². The molecule has 1 heterocycles. The van der Waals surface area contributed by atoms with Crippen molar-refractivity contribution in [1.82, 2.24) is 4.90 Å². The van der Waals surface area contributed by atoms with E-state index in [1.165, 1.54) is 5.56 Å². The van der Waals surface area contributed by atoms with E-state index in [9.17, 15) is 9.59 Å². The van der Waals surface area contributed by atoms with Gasteiger partial charge in [-0.15, -0.1) is 11.6 Å². The number of carbonyl (C=O) groups excluding carboxylic acids is 2. The quantitative estimate of drug-likeness (QED) is 0.376. The predicted molar refractivity (Wildman–Crippen MR) is 131 cm³/mol. The van der Waals surface area contributed by atoms with Crippen molar-refractivity contribution in [3.05, 3.63) is 59.7 Å². The highest BCUT2D eigenvalue weighted by Crippen LogP contribution is 2.31. The van der Waals surface area contributed by atoms with Gasteiger partial charge in [-0.2, -0.15) is 0 Å². The zero-order chi connectivity index (χ0) is 23.8. The maximum atomic E-state index is 12.4. The molecule has 0 spiro atoms. The van der Waals surface area contributed by atoms with E-state index in [1.807, 2.05) is 36.4 Å². The largest absolute Gasteiger partial charge is 0.489 e. The number of halogens is 1. The van der Waals surface area contributed by atoms with E-state index in [1.54, 1.807) is 0 Å². The van der Waals surface area contributed by atoms with Gasteiger partial charge < -0.3 is 14.8 Å². The standard InChI is InChI=1S/C26H33ClN2O4/c1-26(2,3)29(16-19-9-5-4-6-10-19)17-20(33-25(31)13-8-14-27)18-32-23-12-7-11-22-21(23)15-24(30)28-22/h4-7,9-12,20H,8,13-18H2,1-3H3,(H,28,30).